The van der Waals surface area contributed by atoms with Crippen molar-refractivity contribution in [1.82, 2.24) is 14.5 Å². The highest BCUT2D eigenvalue weighted by atomic mass is 79.9. The van der Waals surface area contributed by atoms with E-state index in [1.165, 1.54) is 4.90 Å². The third-order valence-corrected chi connectivity index (χ3v) is 5.70. The van der Waals surface area contributed by atoms with Crippen LogP contribution in [-0.4, -0.2) is 46.1 Å². The van der Waals surface area contributed by atoms with E-state index in [0.717, 1.165) is 34.5 Å². The molecule has 1 aromatic carbocycles. The number of imide groups is 1. The molecule has 134 valence electrons. The van der Waals surface area contributed by atoms with Gasteiger partial charge in [-0.25, -0.2) is 9.78 Å². The van der Waals surface area contributed by atoms with Crippen LogP contribution in [0.5, 0.6) is 5.75 Å². The van der Waals surface area contributed by atoms with Crippen LogP contribution in [0, 0.1) is 5.92 Å². The van der Waals surface area contributed by atoms with Gasteiger partial charge < -0.3 is 9.30 Å². The zero-order valence-electron chi connectivity index (χ0n) is 14.2. The number of likely N-dealkylation sites (N-methyl/N-ethyl adjacent to an activating group) is 1. The van der Waals surface area contributed by atoms with Gasteiger partial charge in [0.2, 0.25) is 0 Å². The van der Waals surface area contributed by atoms with Gasteiger partial charge in [0.25, 0.3) is 5.91 Å². The summed E-state index contributed by atoms with van der Waals surface area (Å²) in [7, 11) is 1.54. The Hall–Kier alpha value is -2.35. The molecule has 5 rings (SSSR count). The Morgan fingerprint density at radius 3 is 2.85 bits per heavy atom. The summed E-state index contributed by atoms with van der Waals surface area (Å²) in [5, 5.41) is 0. The summed E-state index contributed by atoms with van der Waals surface area (Å²) in [5.41, 5.74) is 0.881. The molecule has 1 atom stereocenters. The highest BCUT2D eigenvalue weighted by molar-refractivity contribution is 9.10. The number of nitrogens with zero attached hydrogens (tertiary/aromatic N) is 4. The second-order valence-corrected chi connectivity index (χ2v) is 7.85. The van der Waals surface area contributed by atoms with Crippen LogP contribution in [-0.2, 0) is 11.3 Å². The van der Waals surface area contributed by atoms with Crippen molar-refractivity contribution in [3.05, 3.63) is 28.9 Å². The molecule has 3 aliphatic rings. The first-order valence-electron chi connectivity index (χ1n) is 8.65. The van der Waals surface area contributed by atoms with Crippen LogP contribution < -0.4 is 9.64 Å². The SMILES string of the molecule is CN1C(=O)C(C2CC2)N(c2cn3c(n2)-c2ccc(Br)cc2OCC3)C1=O. The number of hydrogen-bond donors (Lipinski definition) is 0. The summed E-state index contributed by atoms with van der Waals surface area (Å²) in [6, 6.07) is 5.09. The molecular weight excluding hydrogens is 400 g/mol. The third-order valence-electron chi connectivity index (χ3n) is 5.21. The molecule has 2 aliphatic heterocycles. The highest BCUT2D eigenvalue weighted by Gasteiger charge is 2.52. The van der Waals surface area contributed by atoms with Gasteiger partial charge in [0, 0.05) is 17.7 Å². The van der Waals surface area contributed by atoms with Crippen molar-refractivity contribution >= 4 is 33.7 Å². The van der Waals surface area contributed by atoms with Crippen molar-refractivity contribution in [3.63, 3.8) is 0 Å². The lowest BCUT2D eigenvalue weighted by Gasteiger charge is -2.18. The van der Waals surface area contributed by atoms with Gasteiger partial charge in [-0.2, -0.15) is 0 Å². The normalized spacial score (nSPS) is 22.2. The second kappa shape index (κ2) is 5.57. The predicted molar refractivity (Wildman–Crippen MR) is 98.0 cm³/mol. The van der Waals surface area contributed by atoms with Gasteiger partial charge in [-0.15, -0.1) is 0 Å². The molecule has 26 heavy (non-hydrogen) atoms. The number of amides is 3. The number of urea groups is 1. The van der Waals surface area contributed by atoms with Crippen molar-refractivity contribution in [3.8, 4) is 17.1 Å². The topological polar surface area (TPSA) is 67.7 Å². The summed E-state index contributed by atoms with van der Waals surface area (Å²) in [6.07, 6.45) is 3.81. The Bertz CT molecular complexity index is 937. The zero-order chi connectivity index (χ0) is 18.0. The minimum Gasteiger partial charge on any atom is -0.491 e. The first-order valence-corrected chi connectivity index (χ1v) is 9.44. The van der Waals surface area contributed by atoms with E-state index in [2.05, 4.69) is 15.9 Å². The van der Waals surface area contributed by atoms with Crippen molar-refractivity contribution in [2.24, 2.45) is 5.92 Å². The fourth-order valence-corrected chi connectivity index (χ4v) is 4.05. The predicted octanol–water partition coefficient (Wildman–Crippen LogP) is 2.88. The maximum atomic E-state index is 12.7. The summed E-state index contributed by atoms with van der Waals surface area (Å²) in [5.74, 6) is 2.16. The lowest BCUT2D eigenvalue weighted by atomic mass is 10.1. The van der Waals surface area contributed by atoms with Crippen molar-refractivity contribution in [1.29, 1.82) is 0 Å². The van der Waals surface area contributed by atoms with E-state index in [9.17, 15) is 9.59 Å². The lowest BCUT2D eigenvalue weighted by Crippen LogP contribution is -2.37. The molecule has 0 spiro atoms. The molecule has 7 nitrogen and oxygen atoms in total. The van der Waals surface area contributed by atoms with Gasteiger partial charge in [0.15, 0.2) is 5.82 Å². The Labute approximate surface area is 158 Å². The number of rotatable bonds is 2. The summed E-state index contributed by atoms with van der Waals surface area (Å²) in [4.78, 5) is 32.7. The van der Waals surface area contributed by atoms with Crippen LogP contribution >= 0.6 is 15.9 Å². The molecule has 2 aromatic rings. The number of imidazole rings is 1. The molecule has 3 amide bonds. The van der Waals surface area contributed by atoms with Crippen LogP contribution in [0.3, 0.4) is 0 Å². The number of halogens is 1. The standard InChI is InChI=1S/C18H17BrN4O3/c1-21-17(24)15(10-2-3-10)23(18(21)25)14-9-22-6-7-26-13-8-11(19)4-5-12(13)16(22)20-14/h4-5,8-10,15H,2-3,6-7H2,1H3. The summed E-state index contributed by atoms with van der Waals surface area (Å²) in [6.45, 7) is 1.15. The molecule has 8 heteroatoms. The highest BCUT2D eigenvalue weighted by Crippen LogP contribution is 2.42. The van der Waals surface area contributed by atoms with Crippen LogP contribution in [0.1, 0.15) is 12.8 Å². The Balaban J connectivity index is 1.61. The van der Waals surface area contributed by atoms with E-state index in [4.69, 9.17) is 9.72 Å². The van der Waals surface area contributed by atoms with Crippen molar-refractivity contribution in [2.45, 2.75) is 25.4 Å². The third kappa shape index (κ3) is 2.28. The van der Waals surface area contributed by atoms with E-state index in [1.807, 2.05) is 29.0 Å². The number of ether oxygens (including phenoxy) is 1. The average Bonchev–Trinajstić information content (AvgIpc) is 3.36. The van der Waals surface area contributed by atoms with Gasteiger partial charge in [0.05, 0.1) is 12.1 Å². The Morgan fingerprint density at radius 1 is 1.27 bits per heavy atom. The van der Waals surface area contributed by atoms with Gasteiger partial charge >= 0.3 is 6.03 Å². The smallest absolute Gasteiger partial charge is 0.332 e. The molecule has 3 heterocycles. The minimum atomic E-state index is -0.424. The monoisotopic (exact) mass is 416 g/mol. The van der Waals surface area contributed by atoms with Crippen molar-refractivity contribution < 1.29 is 14.3 Å². The Morgan fingerprint density at radius 2 is 2.08 bits per heavy atom. The summed E-state index contributed by atoms with van der Waals surface area (Å²) < 4.78 is 8.76. The number of fused-ring (bicyclic) bond motifs is 3. The molecule has 2 fully saturated rings. The van der Waals surface area contributed by atoms with Crippen LogP contribution in [0.25, 0.3) is 11.4 Å². The van der Waals surface area contributed by atoms with E-state index in [0.29, 0.717) is 19.0 Å². The molecule has 1 aromatic heterocycles. The number of benzene rings is 1. The number of aromatic nitrogens is 2. The number of anilines is 1. The first kappa shape index (κ1) is 15.9. The van der Waals surface area contributed by atoms with E-state index < -0.39 is 6.04 Å². The molecule has 1 unspecified atom stereocenters. The van der Waals surface area contributed by atoms with Crippen LogP contribution in [0.4, 0.5) is 10.6 Å². The maximum absolute atomic E-state index is 12.7. The molecule has 1 saturated carbocycles. The van der Waals surface area contributed by atoms with Gasteiger partial charge in [-0.3, -0.25) is 14.6 Å². The lowest BCUT2D eigenvalue weighted by molar-refractivity contribution is -0.126. The van der Waals surface area contributed by atoms with E-state index in [1.54, 1.807) is 11.9 Å². The van der Waals surface area contributed by atoms with Crippen LogP contribution in [0.15, 0.2) is 28.9 Å². The largest absolute Gasteiger partial charge is 0.491 e. The second-order valence-electron chi connectivity index (χ2n) is 6.94. The fourth-order valence-electron chi connectivity index (χ4n) is 3.71. The quantitative estimate of drug-likeness (QED) is 0.705. The molecule has 0 N–H and O–H groups in total. The minimum absolute atomic E-state index is 0.131. The number of carbonyl (C=O) groups excluding carboxylic acids is 2. The van der Waals surface area contributed by atoms with Gasteiger partial charge in [0.1, 0.15) is 24.2 Å². The van der Waals surface area contributed by atoms with Gasteiger partial charge in [-0.1, -0.05) is 15.9 Å². The maximum Gasteiger partial charge on any atom is 0.332 e. The summed E-state index contributed by atoms with van der Waals surface area (Å²) >= 11 is 3.46. The van der Waals surface area contributed by atoms with Crippen LogP contribution in [0.2, 0.25) is 0 Å². The molecule has 1 aliphatic carbocycles. The molecular formula is C18H17BrN4O3. The number of hydrogen-bond acceptors (Lipinski definition) is 4. The molecule has 0 bridgehead atoms. The van der Waals surface area contributed by atoms with E-state index >= 15 is 0 Å². The number of carbonyl (C=O) groups is 2. The van der Waals surface area contributed by atoms with E-state index in [-0.39, 0.29) is 17.9 Å². The average molecular weight is 417 g/mol. The molecule has 1 saturated heterocycles. The van der Waals surface area contributed by atoms with Crippen molar-refractivity contribution in [2.75, 3.05) is 18.6 Å². The van der Waals surface area contributed by atoms with Gasteiger partial charge in [-0.05, 0) is 37.0 Å². The molecule has 0 radical (unpaired) electrons. The zero-order valence-corrected chi connectivity index (χ0v) is 15.8. The Kier molecular flexibility index (Phi) is 3.40. The first-order chi connectivity index (χ1) is 12.5. The fraction of sp³-hybridized carbons (Fsp3) is 0.389.